The zero-order valence-corrected chi connectivity index (χ0v) is 9.89. The van der Waals surface area contributed by atoms with E-state index in [9.17, 15) is 9.59 Å². The molecule has 1 atom stereocenters. The molecule has 1 aromatic rings. The summed E-state index contributed by atoms with van der Waals surface area (Å²) in [6.07, 6.45) is 3.21. The van der Waals surface area contributed by atoms with E-state index < -0.39 is 5.56 Å². The molecule has 2 heterocycles. The normalized spacial score (nSPS) is 19.7. The number of ether oxygens (including phenoxy) is 1. The van der Waals surface area contributed by atoms with Crippen molar-refractivity contribution < 1.29 is 4.74 Å². The van der Waals surface area contributed by atoms with Crippen LogP contribution in [0.3, 0.4) is 0 Å². The van der Waals surface area contributed by atoms with Crippen molar-refractivity contribution in [2.24, 2.45) is 0 Å². The molecule has 0 aliphatic carbocycles. The summed E-state index contributed by atoms with van der Waals surface area (Å²) in [4.78, 5) is 23.8. The molecule has 2 rings (SSSR count). The number of hydrogen-bond donors (Lipinski definition) is 1. The molecule has 0 amide bonds. The number of aryl methyl sites for hydroxylation is 1. The zero-order chi connectivity index (χ0) is 12.4. The quantitative estimate of drug-likeness (QED) is 0.791. The van der Waals surface area contributed by atoms with Crippen molar-refractivity contribution in [3.63, 3.8) is 0 Å². The van der Waals surface area contributed by atoms with E-state index in [1.807, 2.05) is 6.92 Å². The van der Waals surface area contributed by atoms with Crippen molar-refractivity contribution in [2.45, 2.75) is 39.0 Å². The molecule has 0 saturated carbocycles. The Morgan fingerprint density at radius 1 is 1.53 bits per heavy atom. The minimum absolute atomic E-state index is 0.0486. The summed E-state index contributed by atoms with van der Waals surface area (Å²) in [5, 5.41) is 0. The van der Waals surface area contributed by atoms with Gasteiger partial charge in [0.15, 0.2) is 0 Å². The van der Waals surface area contributed by atoms with E-state index in [1.165, 1.54) is 15.3 Å². The molecule has 2 N–H and O–H groups in total. The highest BCUT2D eigenvalue weighted by Crippen LogP contribution is 2.12. The van der Waals surface area contributed by atoms with Gasteiger partial charge >= 0.3 is 5.69 Å². The Labute approximate surface area is 98.6 Å². The summed E-state index contributed by atoms with van der Waals surface area (Å²) in [5.74, 6) is 0. The second-order valence-corrected chi connectivity index (χ2v) is 4.20. The van der Waals surface area contributed by atoms with Crippen LogP contribution in [0.25, 0.3) is 0 Å². The summed E-state index contributed by atoms with van der Waals surface area (Å²) in [6, 6.07) is 0. The van der Waals surface area contributed by atoms with Gasteiger partial charge in [0.1, 0.15) is 5.69 Å². The van der Waals surface area contributed by atoms with Crippen LogP contribution in [0.15, 0.2) is 15.8 Å². The molecule has 1 unspecified atom stereocenters. The maximum Gasteiger partial charge on any atom is 0.331 e. The van der Waals surface area contributed by atoms with Crippen LogP contribution < -0.4 is 17.0 Å². The lowest BCUT2D eigenvalue weighted by molar-refractivity contribution is 0.0947. The lowest BCUT2D eigenvalue weighted by Crippen LogP contribution is -2.42. The molecule has 1 fully saturated rings. The first-order valence-electron chi connectivity index (χ1n) is 5.85. The fourth-order valence-corrected chi connectivity index (χ4v) is 2.06. The Morgan fingerprint density at radius 2 is 2.29 bits per heavy atom. The van der Waals surface area contributed by atoms with E-state index in [-0.39, 0.29) is 17.5 Å². The summed E-state index contributed by atoms with van der Waals surface area (Å²) in [6.45, 7) is 3.32. The fraction of sp³-hybridized carbons (Fsp3) is 0.636. The Hall–Kier alpha value is -1.56. The van der Waals surface area contributed by atoms with Crippen LogP contribution >= 0.6 is 0 Å². The van der Waals surface area contributed by atoms with E-state index >= 15 is 0 Å². The lowest BCUT2D eigenvalue weighted by atomic mass is 10.2. The SMILES string of the molecule is CCn1cc(N)c(=O)n(CC2CCCO2)c1=O. The summed E-state index contributed by atoms with van der Waals surface area (Å²) >= 11 is 0. The van der Waals surface area contributed by atoms with Gasteiger partial charge in [-0.15, -0.1) is 0 Å². The molecule has 0 radical (unpaired) electrons. The second kappa shape index (κ2) is 4.75. The highest BCUT2D eigenvalue weighted by Gasteiger charge is 2.19. The Balaban J connectivity index is 2.40. The highest BCUT2D eigenvalue weighted by atomic mass is 16.5. The van der Waals surface area contributed by atoms with Gasteiger partial charge in [0, 0.05) is 19.3 Å². The molecule has 0 bridgehead atoms. The van der Waals surface area contributed by atoms with E-state index in [0.29, 0.717) is 19.7 Å². The number of rotatable bonds is 3. The van der Waals surface area contributed by atoms with Crippen molar-refractivity contribution in [1.82, 2.24) is 9.13 Å². The Bertz CT molecular complexity index is 512. The van der Waals surface area contributed by atoms with Crippen LogP contribution in [0.2, 0.25) is 0 Å². The van der Waals surface area contributed by atoms with Crippen LogP contribution in [-0.4, -0.2) is 21.8 Å². The average Bonchev–Trinajstić information content (AvgIpc) is 2.82. The number of aromatic nitrogens is 2. The van der Waals surface area contributed by atoms with E-state index in [2.05, 4.69) is 0 Å². The van der Waals surface area contributed by atoms with Gasteiger partial charge < -0.3 is 10.5 Å². The lowest BCUT2D eigenvalue weighted by Gasteiger charge is -2.13. The third kappa shape index (κ3) is 2.26. The largest absolute Gasteiger partial charge is 0.393 e. The molecule has 1 saturated heterocycles. The molecule has 0 spiro atoms. The first-order chi connectivity index (χ1) is 8.13. The van der Waals surface area contributed by atoms with E-state index in [0.717, 1.165) is 12.8 Å². The maximum absolute atomic E-state index is 12.0. The smallest absolute Gasteiger partial charge is 0.331 e. The summed E-state index contributed by atoms with van der Waals surface area (Å²) in [7, 11) is 0. The molecule has 1 aliphatic rings. The number of hydrogen-bond acceptors (Lipinski definition) is 4. The van der Waals surface area contributed by atoms with Gasteiger partial charge in [-0.3, -0.25) is 13.9 Å². The monoisotopic (exact) mass is 239 g/mol. The third-order valence-electron chi connectivity index (χ3n) is 3.01. The Morgan fingerprint density at radius 3 is 2.88 bits per heavy atom. The third-order valence-corrected chi connectivity index (χ3v) is 3.01. The topological polar surface area (TPSA) is 79.2 Å². The van der Waals surface area contributed by atoms with Crippen LogP contribution in [0, 0.1) is 0 Å². The molecule has 1 aliphatic heterocycles. The molecular weight excluding hydrogens is 222 g/mol. The van der Waals surface area contributed by atoms with Crippen LogP contribution in [0.4, 0.5) is 5.69 Å². The second-order valence-electron chi connectivity index (χ2n) is 4.20. The predicted octanol–water partition coefficient (Wildman–Crippen LogP) is -0.209. The van der Waals surface area contributed by atoms with Gasteiger partial charge in [0.2, 0.25) is 0 Å². The number of anilines is 1. The minimum atomic E-state index is -0.421. The molecule has 6 nitrogen and oxygen atoms in total. The van der Waals surface area contributed by atoms with Crippen molar-refractivity contribution in [1.29, 1.82) is 0 Å². The molecule has 6 heteroatoms. The first-order valence-corrected chi connectivity index (χ1v) is 5.85. The number of nitrogen functional groups attached to an aromatic ring is 1. The fourth-order valence-electron chi connectivity index (χ4n) is 2.06. The van der Waals surface area contributed by atoms with Crippen molar-refractivity contribution in [3.05, 3.63) is 27.0 Å². The standard InChI is InChI=1S/C11H17N3O3/c1-2-13-7-9(12)10(15)14(11(13)16)6-8-4-3-5-17-8/h7-8H,2-6,12H2,1H3. The first kappa shape index (κ1) is 11.9. The van der Waals surface area contributed by atoms with Gasteiger partial charge in [0.05, 0.1) is 12.6 Å². The molecule has 17 heavy (non-hydrogen) atoms. The van der Waals surface area contributed by atoms with Crippen LogP contribution in [0.1, 0.15) is 19.8 Å². The number of nitrogens with zero attached hydrogens (tertiary/aromatic N) is 2. The maximum atomic E-state index is 12.0. The van der Waals surface area contributed by atoms with Gasteiger partial charge in [-0.25, -0.2) is 4.79 Å². The van der Waals surface area contributed by atoms with E-state index in [4.69, 9.17) is 10.5 Å². The minimum Gasteiger partial charge on any atom is -0.393 e. The van der Waals surface area contributed by atoms with Crippen LogP contribution in [-0.2, 0) is 17.8 Å². The van der Waals surface area contributed by atoms with Gasteiger partial charge in [-0.1, -0.05) is 0 Å². The molecule has 1 aromatic heterocycles. The predicted molar refractivity (Wildman–Crippen MR) is 64.0 cm³/mol. The van der Waals surface area contributed by atoms with Gasteiger partial charge in [0.25, 0.3) is 5.56 Å². The zero-order valence-electron chi connectivity index (χ0n) is 9.89. The molecule has 0 aromatic carbocycles. The molecule has 94 valence electrons. The van der Waals surface area contributed by atoms with E-state index in [1.54, 1.807) is 0 Å². The van der Waals surface area contributed by atoms with Crippen LogP contribution in [0.5, 0.6) is 0 Å². The highest BCUT2D eigenvalue weighted by molar-refractivity contribution is 5.30. The molecular formula is C11H17N3O3. The van der Waals surface area contributed by atoms with Crippen molar-refractivity contribution in [2.75, 3.05) is 12.3 Å². The van der Waals surface area contributed by atoms with Gasteiger partial charge in [-0.05, 0) is 19.8 Å². The van der Waals surface area contributed by atoms with Gasteiger partial charge in [-0.2, -0.15) is 0 Å². The van der Waals surface area contributed by atoms with Crippen molar-refractivity contribution >= 4 is 5.69 Å². The van der Waals surface area contributed by atoms with Crippen molar-refractivity contribution in [3.8, 4) is 0 Å². The number of nitrogens with two attached hydrogens (primary N) is 1. The Kier molecular flexibility index (Phi) is 3.33. The summed E-state index contributed by atoms with van der Waals surface area (Å²) in [5.41, 5.74) is 4.97. The summed E-state index contributed by atoms with van der Waals surface area (Å²) < 4.78 is 8.04. The average molecular weight is 239 g/mol.